The smallest absolute Gasteiger partial charge is 0.336 e. The molecule has 0 saturated heterocycles. The third-order valence-electron chi connectivity index (χ3n) is 6.19. The van der Waals surface area contributed by atoms with Crippen LogP contribution in [0, 0.1) is 0 Å². The summed E-state index contributed by atoms with van der Waals surface area (Å²) in [5.74, 6) is -0.125. The molecule has 0 amide bonds. The number of carbonyl (C=O) groups is 2. The van der Waals surface area contributed by atoms with Crippen molar-refractivity contribution in [2.45, 2.75) is 58.5 Å². The largest absolute Gasteiger partial charge is 0.489 e. The van der Waals surface area contributed by atoms with Crippen LogP contribution in [0.3, 0.4) is 0 Å². The van der Waals surface area contributed by atoms with Crippen molar-refractivity contribution < 1.29 is 19.1 Å². The highest BCUT2D eigenvalue weighted by atomic mass is 16.5. The molecule has 0 unspecified atom stereocenters. The number of hydrogen-bond donors (Lipinski definition) is 1. The number of rotatable bonds is 8. The zero-order valence-corrected chi connectivity index (χ0v) is 19.4. The zero-order valence-electron chi connectivity index (χ0n) is 19.4. The summed E-state index contributed by atoms with van der Waals surface area (Å²) < 4.78 is 11.8. The minimum Gasteiger partial charge on any atom is -0.489 e. The van der Waals surface area contributed by atoms with Crippen LogP contribution < -0.4 is 10.1 Å². The Bertz CT molecular complexity index is 1080. The second-order valence-electron chi connectivity index (χ2n) is 8.57. The Hall–Kier alpha value is -3.34. The maximum absolute atomic E-state index is 13.2. The van der Waals surface area contributed by atoms with Gasteiger partial charge in [0.1, 0.15) is 12.4 Å². The van der Waals surface area contributed by atoms with Crippen molar-refractivity contribution in [1.82, 2.24) is 5.32 Å². The van der Waals surface area contributed by atoms with E-state index in [1.807, 2.05) is 61.5 Å². The number of ether oxygens (including phenoxy) is 2. The van der Waals surface area contributed by atoms with Gasteiger partial charge in [-0.05, 0) is 37.8 Å². The van der Waals surface area contributed by atoms with E-state index in [-0.39, 0.29) is 11.8 Å². The molecule has 1 heterocycles. The van der Waals surface area contributed by atoms with E-state index in [2.05, 4.69) is 12.2 Å². The quantitative estimate of drug-likeness (QED) is 0.425. The molecule has 4 rings (SSSR count). The number of unbranched alkanes of at least 4 members (excludes halogenated alkanes) is 1. The summed E-state index contributed by atoms with van der Waals surface area (Å²) in [6.45, 7) is 4.72. The van der Waals surface area contributed by atoms with E-state index in [9.17, 15) is 9.59 Å². The lowest BCUT2D eigenvalue weighted by atomic mass is 9.75. The van der Waals surface area contributed by atoms with Crippen LogP contribution in [0.4, 0.5) is 0 Å². The SMILES string of the molecule is CCCCOC(=O)C1=C(C)NC2=C(C(=O)CCC2)[C@H]1c1ccccc1OCc1ccccc1. The van der Waals surface area contributed by atoms with E-state index >= 15 is 0 Å². The van der Waals surface area contributed by atoms with E-state index < -0.39 is 5.92 Å². The third-order valence-corrected chi connectivity index (χ3v) is 6.19. The van der Waals surface area contributed by atoms with Gasteiger partial charge in [0.05, 0.1) is 18.1 Å². The first-order chi connectivity index (χ1) is 16.1. The lowest BCUT2D eigenvalue weighted by Crippen LogP contribution is -2.34. The number of allylic oxidation sites excluding steroid dienone is 3. The number of carbonyl (C=O) groups excluding carboxylic acids is 2. The standard InChI is InChI=1S/C28H31NO4/c1-3-4-17-32-28(31)25-19(2)29-22-14-10-15-23(30)27(22)26(25)21-13-8-9-16-24(21)33-18-20-11-6-5-7-12-20/h5-9,11-13,16,26,29H,3-4,10,14-15,17-18H2,1-2H3/t26-/m0/s1. The molecule has 5 heteroatoms. The summed E-state index contributed by atoms with van der Waals surface area (Å²) >= 11 is 0. The van der Waals surface area contributed by atoms with Gasteiger partial charge in [-0.1, -0.05) is 61.9 Å². The molecule has 5 nitrogen and oxygen atoms in total. The van der Waals surface area contributed by atoms with Gasteiger partial charge in [-0.15, -0.1) is 0 Å². The minimum absolute atomic E-state index is 0.0815. The molecule has 2 aromatic carbocycles. The fourth-order valence-corrected chi connectivity index (χ4v) is 4.54. The Labute approximate surface area is 195 Å². The molecule has 0 aromatic heterocycles. The maximum atomic E-state index is 13.2. The molecular weight excluding hydrogens is 414 g/mol. The van der Waals surface area contributed by atoms with Gasteiger partial charge >= 0.3 is 5.97 Å². The number of benzene rings is 2. The van der Waals surface area contributed by atoms with Gasteiger partial charge in [0, 0.05) is 29.0 Å². The van der Waals surface area contributed by atoms with Gasteiger partial charge in [-0.25, -0.2) is 4.79 Å². The van der Waals surface area contributed by atoms with Crippen molar-refractivity contribution in [3.05, 3.63) is 88.3 Å². The second-order valence-corrected chi connectivity index (χ2v) is 8.57. The van der Waals surface area contributed by atoms with Gasteiger partial charge in [0.2, 0.25) is 0 Å². The van der Waals surface area contributed by atoms with E-state index in [0.29, 0.717) is 36.5 Å². The summed E-state index contributed by atoms with van der Waals surface area (Å²) in [6, 6.07) is 17.7. The molecule has 0 saturated carbocycles. The van der Waals surface area contributed by atoms with Crippen LogP contribution in [0.5, 0.6) is 5.75 Å². The van der Waals surface area contributed by atoms with Crippen LogP contribution in [-0.2, 0) is 20.9 Å². The monoisotopic (exact) mass is 445 g/mol. The van der Waals surface area contributed by atoms with Crippen molar-refractivity contribution in [2.24, 2.45) is 0 Å². The third kappa shape index (κ3) is 5.03. The van der Waals surface area contributed by atoms with Crippen molar-refractivity contribution in [1.29, 1.82) is 0 Å². The van der Waals surface area contributed by atoms with Gasteiger partial charge < -0.3 is 14.8 Å². The highest BCUT2D eigenvalue weighted by molar-refractivity contribution is 6.04. The molecule has 33 heavy (non-hydrogen) atoms. The second kappa shape index (κ2) is 10.5. The Kier molecular flexibility index (Phi) is 7.28. The minimum atomic E-state index is -0.504. The Morgan fingerprint density at radius 2 is 1.82 bits per heavy atom. The fraction of sp³-hybridized carbons (Fsp3) is 0.357. The summed E-state index contributed by atoms with van der Waals surface area (Å²) in [6.07, 6.45) is 3.84. The molecule has 1 aliphatic heterocycles. The molecule has 1 N–H and O–H groups in total. The molecule has 0 fully saturated rings. The van der Waals surface area contributed by atoms with E-state index in [0.717, 1.165) is 48.2 Å². The number of dihydropyridines is 1. The van der Waals surface area contributed by atoms with Gasteiger partial charge in [0.25, 0.3) is 0 Å². The average molecular weight is 446 g/mol. The fourth-order valence-electron chi connectivity index (χ4n) is 4.54. The first kappa shape index (κ1) is 22.8. The predicted octanol–water partition coefficient (Wildman–Crippen LogP) is 5.58. The molecule has 2 aromatic rings. The van der Waals surface area contributed by atoms with Crippen LogP contribution in [0.15, 0.2) is 77.1 Å². The first-order valence-corrected chi connectivity index (χ1v) is 11.8. The van der Waals surface area contributed by atoms with Gasteiger partial charge in [-0.2, -0.15) is 0 Å². The predicted molar refractivity (Wildman–Crippen MR) is 128 cm³/mol. The van der Waals surface area contributed by atoms with Crippen LogP contribution in [0.25, 0.3) is 0 Å². The van der Waals surface area contributed by atoms with Crippen LogP contribution in [0.1, 0.15) is 63.0 Å². The van der Waals surface area contributed by atoms with Crippen molar-refractivity contribution in [3.8, 4) is 5.75 Å². The number of Topliss-reactive ketones (excluding diaryl/α,β-unsaturated/α-hetero) is 1. The Morgan fingerprint density at radius 3 is 2.61 bits per heavy atom. The summed E-state index contributed by atoms with van der Waals surface area (Å²) in [7, 11) is 0. The molecule has 172 valence electrons. The van der Waals surface area contributed by atoms with Crippen molar-refractivity contribution in [3.63, 3.8) is 0 Å². The van der Waals surface area contributed by atoms with E-state index in [1.54, 1.807) is 0 Å². The van der Waals surface area contributed by atoms with Gasteiger partial charge in [-0.3, -0.25) is 4.79 Å². The van der Waals surface area contributed by atoms with Crippen LogP contribution >= 0.6 is 0 Å². The van der Waals surface area contributed by atoms with Crippen molar-refractivity contribution >= 4 is 11.8 Å². The van der Waals surface area contributed by atoms with Crippen molar-refractivity contribution in [2.75, 3.05) is 6.61 Å². The molecule has 0 spiro atoms. The Balaban J connectivity index is 1.74. The highest BCUT2D eigenvalue weighted by Gasteiger charge is 2.40. The number of para-hydroxylation sites is 1. The average Bonchev–Trinajstić information content (AvgIpc) is 2.83. The summed E-state index contributed by atoms with van der Waals surface area (Å²) in [5, 5.41) is 3.34. The maximum Gasteiger partial charge on any atom is 0.336 e. The zero-order chi connectivity index (χ0) is 23.2. The molecule has 1 aliphatic carbocycles. The Morgan fingerprint density at radius 1 is 1.06 bits per heavy atom. The van der Waals surface area contributed by atoms with Crippen LogP contribution in [-0.4, -0.2) is 18.4 Å². The molecule has 2 aliphatic rings. The highest BCUT2D eigenvalue weighted by Crippen LogP contribution is 2.45. The van der Waals surface area contributed by atoms with Gasteiger partial charge in [0.15, 0.2) is 5.78 Å². The number of ketones is 1. The lowest BCUT2D eigenvalue weighted by molar-refractivity contribution is -0.139. The van der Waals surface area contributed by atoms with E-state index in [4.69, 9.17) is 9.47 Å². The molecule has 0 radical (unpaired) electrons. The first-order valence-electron chi connectivity index (χ1n) is 11.8. The lowest BCUT2D eigenvalue weighted by Gasteiger charge is -2.34. The molecule has 1 atom stereocenters. The summed E-state index contributed by atoms with van der Waals surface area (Å²) in [4.78, 5) is 26.4. The molecular formula is C28H31NO4. The summed E-state index contributed by atoms with van der Waals surface area (Å²) in [5.41, 5.74) is 4.70. The topological polar surface area (TPSA) is 64.6 Å². The van der Waals surface area contributed by atoms with E-state index in [1.165, 1.54) is 0 Å². The van der Waals surface area contributed by atoms with Crippen LogP contribution in [0.2, 0.25) is 0 Å². The number of nitrogens with one attached hydrogen (secondary N) is 1. The molecule has 0 bridgehead atoms. The number of esters is 1. The normalized spacial score (nSPS) is 18.0. The number of hydrogen-bond acceptors (Lipinski definition) is 5.